The minimum absolute atomic E-state index is 0.0328. The zero-order valence-electron chi connectivity index (χ0n) is 6.89. The van der Waals surface area contributed by atoms with Gasteiger partial charge in [0.1, 0.15) is 11.2 Å². The highest BCUT2D eigenvalue weighted by Crippen LogP contribution is 2.06. The number of hydrogen-bond donors (Lipinski definition) is 1. The molecular weight excluding hydrogens is 192 g/mol. The number of aromatic nitrogens is 1. The van der Waals surface area contributed by atoms with Gasteiger partial charge in [-0.3, -0.25) is 0 Å². The van der Waals surface area contributed by atoms with Crippen LogP contribution in [0.3, 0.4) is 0 Å². The first-order chi connectivity index (χ1) is 6.06. The molecule has 1 aromatic heterocycles. The molecule has 0 spiro atoms. The normalized spacial score (nSPS) is 13.5. The van der Waals surface area contributed by atoms with Crippen LogP contribution in [-0.4, -0.2) is 19.6 Å². The molecule has 0 saturated carbocycles. The van der Waals surface area contributed by atoms with Gasteiger partial charge in [-0.1, -0.05) is 11.1 Å². The first-order valence-electron chi connectivity index (χ1n) is 3.44. The fourth-order valence-corrected chi connectivity index (χ4v) is 1.68. The van der Waals surface area contributed by atoms with Crippen LogP contribution in [0.15, 0.2) is 21.9 Å². The Kier molecular flexibility index (Phi) is 2.70. The number of hydrogen-bond acceptors (Lipinski definition) is 4. The van der Waals surface area contributed by atoms with Crippen molar-refractivity contribution >= 4 is 10.0 Å². The summed E-state index contributed by atoms with van der Waals surface area (Å²) in [5.74, 6) is 2.24. The van der Waals surface area contributed by atoms with Gasteiger partial charge in [-0.05, 0) is 6.92 Å². The molecule has 1 atom stereocenters. The summed E-state index contributed by atoms with van der Waals surface area (Å²) in [6.45, 7) is 1.56. The minimum Gasteiger partial charge on any atom is -0.363 e. The van der Waals surface area contributed by atoms with Crippen LogP contribution in [0.5, 0.6) is 0 Å². The Hall–Kier alpha value is -1.32. The van der Waals surface area contributed by atoms with Crippen molar-refractivity contribution in [2.24, 2.45) is 0 Å². The second kappa shape index (κ2) is 3.60. The Morgan fingerprint density at radius 3 is 2.92 bits per heavy atom. The molecular formula is C7H8N2O3S. The molecule has 5 nitrogen and oxygen atoms in total. The SMILES string of the molecule is C#CC(C)NS(=O)(=O)c1cnoc1. The van der Waals surface area contributed by atoms with Gasteiger partial charge in [-0.2, -0.15) is 4.72 Å². The summed E-state index contributed by atoms with van der Waals surface area (Å²) in [5.41, 5.74) is 0. The number of nitrogens with zero attached hydrogens (tertiary/aromatic N) is 1. The third kappa shape index (κ3) is 2.31. The second-order valence-electron chi connectivity index (χ2n) is 2.37. The summed E-state index contributed by atoms with van der Waals surface area (Å²) < 4.78 is 29.4. The molecule has 1 heterocycles. The van der Waals surface area contributed by atoms with Gasteiger partial charge >= 0.3 is 0 Å². The Morgan fingerprint density at radius 1 is 1.77 bits per heavy atom. The van der Waals surface area contributed by atoms with E-state index >= 15 is 0 Å². The Labute approximate surface area is 76.2 Å². The van der Waals surface area contributed by atoms with E-state index in [2.05, 4.69) is 20.3 Å². The van der Waals surface area contributed by atoms with Gasteiger partial charge in [-0.25, -0.2) is 8.42 Å². The summed E-state index contributed by atoms with van der Waals surface area (Å²) in [6, 6.07) is -0.556. The predicted octanol–water partition coefficient (Wildman–Crippen LogP) is -0.0254. The van der Waals surface area contributed by atoms with Crippen molar-refractivity contribution in [2.75, 3.05) is 0 Å². The summed E-state index contributed by atoms with van der Waals surface area (Å²) in [7, 11) is -3.58. The van der Waals surface area contributed by atoms with Crippen LogP contribution in [0.1, 0.15) is 6.92 Å². The second-order valence-corrected chi connectivity index (χ2v) is 4.08. The molecule has 0 bridgehead atoms. The van der Waals surface area contributed by atoms with Gasteiger partial charge in [0.15, 0.2) is 0 Å². The molecule has 1 unspecified atom stereocenters. The average molecular weight is 200 g/mol. The Morgan fingerprint density at radius 2 is 2.46 bits per heavy atom. The van der Waals surface area contributed by atoms with Crippen molar-refractivity contribution < 1.29 is 12.9 Å². The number of nitrogens with one attached hydrogen (secondary N) is 1. The molecule has 0 radical (unpaired) electrons. The van der Waals surface area contributed by atoms with Crippen LogP contribution in [0.25, 0.3) is 0 Å². The molecule has 0 saturated heterocycles. The van der Waals surface area contributed by atoms with Crippen LogP contribution < -0.4 is 4.72 Å². The fraction of sp³-hybridized carbons (Fsp3) is 0.286. The number of rotatable bonds is 3. The first kappa shape index (κ1) is 9.77. The third-order valence-electron chi connectivity index (χ3n) is 1.30. The highest BCUT2D eigenvalue weighted by molar-refractivity contribution is 7.89. The van der Waals surface area contributed by atoms with E-state index in [-0.39, 0.29) is 4.90 Å². The standard InChI is InChI=1S/C7H8N2O3S/c1-3-6(2)9-13(10,11)7-4-8-12-5-7/h1,4-6,9H,2H3. The smallest absolute Gasteiger partial charge is 0.246 e. The first-order valence-corrected chi connectivity index (χ1v) is 4.92. The zero-order chi connectivity index (χ0) is 9.90. The molecule has 0 aliphatic rings. The summed E-state index contributed by atoms with van der Waals surface area (Å²) in [6.07, 6.45) is 7.15. The minimum atomic E-state index is -3.58. The molecule has 0 aliphatic heterocycles. The molecule has 0 aromatic carbocycles. The molecule has 1 aromatic rings. The molecule has 13 heavy (non-hydrogen) atoms. The predicted molar refractivity (Wildman–Crippen MR) is 45.1 cm³/mol. The van der Waals surface area contributed by atoms with Gasteiger partial charge in [-0.15, -0.1) is 6.42 Å². The Balaban J connectivity index is 2.87. The molecule has 0 aliphatic carbocycles. The van der Waals surface area contributed by atoms with Crippen molar-refractivity contribution in [3.8, 4) is 12.3 Å². The summed E-state index contributed by atoms with van der Waals surface area (Å²) >= 11 is 0. The van der Waals surface area contributed by atoms with Crippen molar-refractivity contribution in [3.63, 3.8) is 0 Å². The largest absolute Gasteiger partial charge is 0.363 e. The van der Waals surface area contributed by atoms with Gasteiger partial charge < -0.3 is 4.52 Å². The average Bonchev–Trinajstić information content (AvgIpc) is 2.55. The maximum Gasteiger partial charge on any atom is 0.246 e. The van der Waals surface area contributed by atoms with Gasteiger partial charge in [0, 0.05) is 0 Å². The quantitative estimate of drug-likeness (QED) is 0.696. The van der Waals surface area contributed by atoms with Crippen molar-refractivity contribution in [2.45, 2.75) is 17.9 Å². The van der Waals surface area contributed by atoms with E-state index in [1.807, 2.05) is 0 Å². The van der Waals surface area contributed by atoms with Crippen molar-refractivity contribution in [1.82, 2.24) is 9.88 Å². The highest BCUT2D eigenvalue weighted by Gasteiger charge is 2.17. The maximum absolute atomic E-state index is 11.4. The van der Waals surface area contributed by atoms with Gasteiger partial charge in [0.25, 0.3) is 0 Å². The van der Waals surface area contributed by atoms with Crippen molar-refractivity contribution in [1.29, 1.82) is 0 Å². The molecule has 1 N–H and O–H groups in total. The van der Waals surface area contributed by atoms with E-state index in [0.29, 0.717) is 0 Å². The molecule has 6 heteroatoms. The lowest BCUT2D eigenvalue weighted by molar-refractivity contribution is 0.417. The Bertz CT molecular complexity index is 401. The van der Waals surface area contributed by atoms with Crippen molar-refractivity contribution in [3.05, 3.63) is 12.5 Å². The fourth-order valence-electron chi connectivity index (χ4n) is 0.663. The van der Waals surface area contributed by atoms with Crippen LogP contribution in [-0.2, 0) is 10.0 Å². The number of sulfonamides is 1. The van der Waals surface area contributed by atoms with E-state index in [9.17, 15) is 8.42 Å². The van der Waals surface area contributed by atoms with Crippen LogP contribution in [0.2, 0.25) is 0 Å². The zero-order valence-corrected chi connectivity index (χ0v) is 7.71. The van der Waals surface area contributed by atoms with E-state index < -0.39 is 16.1 Å². The lowest BCUT2D eigenvalue weighted by Gasteiger charge is -2.05. The van der Waals surface area contributed by atoms with E-state index in [1.165, 1.54) is 0 Å². The van der Waals surface area contributed by atoms with Crippen LogP contribution in [0, 0.1) is 12.3 Å². The maximum atomic E-state index is 11.4. The topological polar surface area (TPSA) is 72.2 Å². The summed E-state index contributed by atoms with van der Waals surface area (Å²) in [5, 5.41) is 3.28. The monoisotopic (exact) mass is 200 g/mol. The number of terminal acetylenes is 1. The van der Waals surface area contributed by atoms with Gasteiger partial charge in [0.05, 0.1) is 12.2 Å². The summed E-state index contributed by atoms with van der Waals surface area (Å²) in [4.78, 5) is -0.0328. The van der Waals surface area contributed by atoms with E-state index in [4.69, 9.17) is 6.42 Å². The van der Waals surface area contributed by atoms with Gasteiger partial charge in [0.2, 0.25) is 10.0 Å². The molecule has 0 amide bonds. The van der Waals surface area contributed by atoms with Crippen LogP contribution >= 0.6 is 0 Å². The molecule has 0 fully saturated rings. The highest BCUT2D eigenvalue weighted by atomic mass is 32.2. The van der Waals surface area contributed by atoms with Crippen LogP contribution in [0.4, 0.5) is 0 Å². The van der Waals surface area contributed by atoms with E-state index in [0.717, 1.165) is 12.5 Å². The molecule has 1 rings (SSSR count). The third-order valence-corrected chi connectivity index (χ3v) is 2.79. The lowest BCUT2D eigenvalue weighted by Crippen LogP contribution is -2.31. The molecule has 70 valence electrons. The lowest BCUT2D eigenvalue weighted by atomic mass is 10.4. The van der Waals surface area contributed by atoms with E-state index in [1.54, 1.807) is 6.92 Å².